The number of ether oxygens (including phenoxy) is 2. The fraction of sp³-hybridized carbons (Fsp3) is 0.444. The predicted molar refractivity (Wildman–Crippen MR) is 130 cm³/mol. The largest absolute Gasteiger partial charge is 0.493 e. The number of amides is 2. The number of furan rings is 1. The first-order valence-electron chi connectivity index (χ1n) is 12.4. The molecule has 3 N–H and O–H groups in total. The number of hydrogen-bond acceptors (Lipinski definition) is 8. The number of hydrogen-bond donors (Lipinski definition) is 3. The summed E-state index contributed by atoms with van der Waals surface area (Å²) < 4.78 is 16.9. The molecule has 1 saturated carbocycles. The van der Waals surface area contributed by atoms with Gasteiger partial charge in [-0.1, -0.05) is 6.42 Å². The molecule has 0 saturated heterocycles. The molecule has 1 aliphatic heterocycles. The molecule has 0 bridgehead atoms. The summed E-state index contributed by atoms with van der Waals surface area (Å²) in [7, 11) is 1.45. The summed E-state index contributed by atoms with van der Waals surface area (Å²) in [5.41, 5.74) is 1.93. The smallest absolute Gasteiger partial charge is 0.247 e. The highest BCUT2D eigenvalue weighted by molar-refractivity contribution is 5.96. The lowest BCUT2D eigenvalue weighted by Gasteiger charge is -2.42. The molecule has 2 amide bonds. The van der Waals surface area contributed by atoms with Crippen LogP contribution in [0.25, 0.3) is 0 Å². The normalized spacial score (nSPS) is 24.1. The molecule has 2 aromatic rings. The van der Waals surface area contributed by atoms with Crippen molar-refractivity contribution >= 4 is 18.1 Å². The van der Waals surface area contributed by atoms with Crippen molar-refractivity contribution in [3.63, 3.8) is 0 Å². The first kappa shape index (κ1) is 25.0. The van der Waals surface area contributed by atoms with E-state index in [0.29, 0.717) is 28.9 Å². The second-order valence-corrected chi connectivity index (χ2v) is 9.63. The summed E-state index contributed by atoms with van der Waals surface area (Å²) in [6.45, 7) is -0.0212. The van der Waals surface area contributed by atoms with Gasteiger partial charge in [0.15, 0.2) is 11.5 Å². The van der Waals surface area contributed by atoms with Gasteiger partial charge in [-0.3, -0.25) is 14.4 Å². The molecule has 4 atom stereocenters. The number of methoxy groups -OCH3 is 1. The van der Waals surface area contributed by atoms with Gasteiger partial charge in [-0.2, -0.15) is 0 Å². The van der Waals surface area contributed by atoms with Gasteiger partial charge in [-0.05, 0) is 37.1 Å². The van der Waals surface area contributed by atoms with E-state index in [2.05, 4.69) is 5.32 Å². The van der Waals surface area contributed by atoms with Crippen molar-refractivity contribution in [2.24, 2.45) is 5.92 Å². The van der Waals surface area contributed by atoms with Gasteiger partial charge in [-0.15, -0.1) is 0 Å². The Kier molecular flexibility index (Phi) is 7.03. The van der Waals surface area contributed by atoms with E-state index in [1.807, 2.05) is 0 Å². The van der Waals surface area contributed by atoms with E-state index in [4.69, 9.17) is 13.9 Å². The molecule has 196 valence electrons. The molecular formula is C27H30N2O8. The van der Waals surface area contributed by atoms with E-state index < -0.39 is 30.1 Å². The Bertz CT molecular complexity index is 1200. The summed E-state index contributed by atoms with van der Waals surface area (Å²) in [6.07, 6.45) is 5.80. The van der Waals surface area contributed by atoms with Crippen molar-refractivity contribution in [2.45, 2.75) is 50.0 Å². The lowest BCUT2D eigenvalue weighted by Crippen LogP contribution is -2.56. The molecule has 3 aliphatic rings. The maximum Gasteiger partial charge on any atom is 0.247 e. The number of aliphatic hydroxyl groups is 2. The standard InChI is InChI=1S/C27H30N2O8/c1-35-21-10-16(13-31)9-18-22-19(26(33)28-6-7-30)11-20(23(32)25(22)37-24(18)21)29(12-15-5-8-36-14-15)27(34)17-3-2-4-17/h5,8-11,13-14,17,20,22-23,25,30,32H,2-4,6-7,12H2,1H3,(H,28,33)/t20-,22+,23+,25+/m1/s1. The number of nitrogens with one attached hydrogen (secondary N) is 1. The lowest BCUT2D eigenvalue weighted by molar-refractivity contribution is -0.145. The summed E-state index contributed by atoms with van der Waals surface area (Å²) in [5, 5.41) is 23.6. The molecule has 1 aromatic heterocycles. The Morgan fingerprint density at radius 1 is 1.30 bits per heavy atom. The fourth-order valence-electron chi connectivity index (χ4n) is 5.36. The Morgan fingerprint density at radius 2 is 2.11 bits per heavy atom. The average molecular weight is 511 g/mol. The topological polar surface area (TPSA) is 139 Å². The highest BCUT2D eigenvalue weighted by Gasteiger charge is 2.52. The molecule has 2 aliphatic carbocycles. The first-order chi connectivity index (χ1) is 18.0. The van der Waals surface area contributed by atoms with Crippen molar-refractivity contribution in [1.29, 1.82) is 0 Å². The van der Waals surface area contributed by atoms with Crippen LogP contribution in [-0.4, -0.2) is 71.7 Å². The van der Waals surface area contributed by atoms with Gasteiger partial charge in [0.25, 0.3) is 0 Å². The fourth-order valence-corrected chi connectivity index (χ4v) is 5.36. The third-order valence-electron chi connectivity index (χ3n) is 7.44. The molecular weight excluding hydrogens is 480 g/mol. The van der Waals surface area contributed by atoms with Crippen molar-refractivity contribution in [1.82, 2.24) is 10.2 Å². The van der Waals surface area contributed by atoms with E-state index in [1.54, 1.807) is 29.4 Å². The molecule has 0 radical (unpaired) electrons. The Hall–Kier alpha value is -3.63. The number of rotatable bonds is 9. The van der Waals surface area contributed by atoms with Crippen LogP contribution in [0.4, 0.5) is 0 Å². The molecule has 0 unspecified atom stereocenters. The predicted octanol–water partition coefficient (Wildman–Crippen LogP) is 1.55. The maximum atomic E-state index is 13.6. The van der Waals surface area contributed by atoms with Gasteiger partial charge in [0.2, 0.25) is 11.8 Å². The SMILES string of the molecule is COc1cc(C=O)cc2c1O[C@@H]1[C@@H](O)[C@H](N(Cc3ccoc3)C(=O)C3CCC3)C=C(C(=O)NCCO)[C@H]21. The summed E-state index contributed by atoms with van der Waals surface area (Å²) in [5.74, 6) is -0.744. The van der Waals surface area contributed by atoms with Crippen LogP contribution >= 0.6 is 0 Å². The lowest BCUT2D eigenvalue weighted by atomic mass is 9.76. The van der Waals surface area contributed by atoms with Crippen molar-refractivity contribution in [2.75, 3.05) is 20.3 Å². The van der Waals surface area contributed by atoms with Gasteiger partial charge in [-0.25, -0.2) is 0 Å². The monoisotopic (exact) mass is 510 g/mol. The molecule has 1 fully saturated rings. The average Bonchev–Trinajstić information content (AvgIpc) is 3.53. The van der Waals surface area contributed by atoms with Crippen LogP contribution in [0.2, 0.25) is 0 Å². The van der Waals surface area contributed by atoms with Crippen LogP contribution in [-0.2, 0) is 16.1 Å². The number of benzene rings is 1. The van der Waals surface area contributed by atoms with E-state index >= 15 is 0 Å². The molecule has 10 heteroatoms. The second-order valence-electron chi connectivity index (χ2n) is 9.63. The van der Waals surface area contributed by atoms with Crippen LogP contribution in [0.1, 0.15) is 46.7 Å². The molecule has 2 heterocycles. The third-order valence-corrected chi connectivity index (χ3v) is 7.44. The van der Waals surface area contributed by atoms with Gasteiger partial charge >= 0.3 is 0 Å². The summed E-state index contributed by atoms with van der Waals surface area (Å²) in [6, 6.07) is 4.06. The van der Waals surface area contributed by atoms with Gasteiger partial charge < -0.3 is 34.3 Å². The highest BCUT2D eigenvalue weighted by atomic mass is 16.5. The zero-order chi connectivity index (χ0) is 26.1. The number of aldehydes is 1. The van der Waals surface area contributed by atoms with E-state index in [0.717, 1.165) is 24.8 Å². The minimum Gasteiger partial charge on any atom is -0.493 e. The van der Waals surface area contributed by atoms with Crippen molar-refractivity contribution in [3.8, 4) is 11.5 Å². The van der Waals surface area contributed by atoms with Crippen molar-refractivity contribution < 1.29 is 38.5 Å². The Labute approximate surface area is 213 Å². The molecule has 10 nitrogen and oxygen atoms in total. The molecule has 37 heavy (non-hydrogen) atoms. The van der Waals surface area contributed by atoms with E-state index in [1.165, 1.54) is 19.4 Å². The summed E-state index contributed by atoms with van der Waals surface area (Å²) in [4.78, 5) is 40.1. The number of aliphatic hydroxyl groups excluding tert-OH is 2. The minimum absolute atomic E-state index is 0.0337. The van der Waals surface area contributed by atoms with Crippen LogP contribution in [0.5, 0.6) is 11.5 Å². The van der Waals surface area contributed by atoms with Crippen molar-refractivity contribution in [3.05, 3.63) is 59.1 Å². The van der Waals surface area contributed by atoms with Crippen LogP contribution in [0, 0.1) is 5.92 Å². The molecule has 5 rings (SSSR count). The van der Waals surface area contributed by atoms with Gasteiger partial charge in [0, 0.05) is 41.3 Å². The third kappa shape index (κ3) is 4.51. The number of carbonyl (C=O) groups is 3. The quantitative estimate of drug-likeness (QED) is 0.432. The zero-order valence-electron chi connectivity index (χ0n) is 20.5. The molecule has 0 spiro atoms. The van der Waals surface area contributed by atoms with Crippen LogP contribution < -0.4 is 14.8 Å². The van der Waals surface area contributed by atoms with Gasteiger partial charge in [0.1, 0.15) is 18.5 Å². The first-order valence-corrected chi connectivity index (χ1v) is 12.4. The molecule has 1 aromatic carbocycles. The maximum absolute atomic E-state index is 13.6. The summed E-state index contributed by atoms with van der Waals surface area (Å²) >= 11 is 0. The number of fused-ring (bicyclic) bond motifs is 3. The highest BCUT2D eigenvalue weighted by Crippen LogP contribution is 2.51. The Morgan fingerprint density at radius 3 is 2.73 bits per heavy atom. The number of nitrogens with zero attached hydrogens (tertiary/aromatic N) is 1. The van der Waals surface area contributed by atoms with Crippen LogP contribution in [0.15, 0.2) is 46.8 Å². The van der Waals surface area contributed by atoms with E-state index in [9.17, 15) is 24.6 Å². The van der Waals surface area contributed by atoms with Crippen LogP contribution in [0.3, 0.4) is 0 Å². The second kappa shape index (κ2) is 10.4. The minimum atomic E-state index is -1.17. The van der Waals surface area contributed by atoms with Gasteiger partial charge in [0.05, 0.1) is 38.2 Å². The van der Waals surface area contributed by atoms with E-state index in [-0.39, 0.29) is 37.1 Å². The number of carbonyl (C=O) groups excluding carboxylic acids is 3. The zero-order valence-corrected chi connectivity index (χ0v) is 20.5. The Balaban J connectivity index is 1.59.